The van der Waals surface area contributed by atoms with Gasteiger partial charge < -0.3 is 5.32 Å². The van der Waals surface area contributed by atoms with Crippen molar-refractivity contribution in [1.82, 2.24) is 15.0 Å². The Balaban J connectivity index is 1.75. The minimum absolute atomic E-state index is 0.598. The molecule has 0 fully saturated rings. The molecule has 0 spiro atoms. The first-order chi connectivity index (χ1) is 16.2. The highest BCUT2D eigenvalue weighted by Gasteiger charge is 2.12. The van der Waals surface area contributed by atoms with Crippen molar-refractivity contribution in [1.29, 1.82) is 0 Å². The minimum atomic E-state index is 0.598. The van der Waals surface area contributed by atoms with Crippen LogP contribution in [0.25, 0.3) is 22.0 Å². The normalized spacial score (nSPS) is 18.2. The number of nitrogens with one attached hydrogen (secondary N) is 1. The Morgan fingerprint density at radius 1 is 1.12 bits per heavy atom. The van der Waals surface area contributed by atoms with E-state index in [0.29, 0.717) is 6.54 Å². The lowest BCUT2D eigenvalue weighted by molar-refractivity contribution is 1.02. The van der Waals surface area contributed by atoms with Crippen LogP contribution in [0.5, 0.6) is 0 Å². The average molecular weight is 453 g/mol. The molecule has 5 heteroatoms. The van der Waals surface area contributed by atoms with Crippen molar-refractivity contribution >= 4 is 39.6 Å². The van der Waals surface area contributed by atoms with Crippen molar-refractivity contribution in [3.05, 3.63) is 108 Å². The van der Waals surface area contributed by atoms with Crippen molar-refractivity contribution in [3.8, 4) is 0 Å². The third-order valence-electron chi connectivity index (χ3n) is 5.26. The molecule has 3 heterocycles. The fourth-order valence-electron chi connectivity index (χ4n) is 3.48. The molecule has 0 saturated heterocycles. The molecule has 4 rings (SSSR count). The van der Waals surface area contributed by atoms with Crippen LogP contribution >= 0.6 is 11.8 Å². The molecule has 0 amide bonds. The topological polar surface area (TPSA) is 50.7 Å². The first-order valence-electron chi connectivity index (χ1n) is 11.1. The molecule has 2 aromatic heterocycles. The van der Waals surface area contributed by atoms with Crippen molar-refractivity contribution < 1.29 is 0 Å². The summed E-state index contributed by atoms with van der Waals surface area (Å²) in [5.74, 6) is 2.52. The Labute approximate surface area is 200 Å². The summed E-state index contributed by atoms with van der Waals surface area (Å²) in [6.07, 6.45) is 17.4. The Hall–Kier alpha value is -3.44. The van der Waals surface area contributed by atoms with Gasteiger partial charge in [0.25, 0.3) is 0 Å². The van der Waals surface area contributed by atoms with Crippen molar-refractivity contribution in [3.63, 3.8) is 0 Å². The number of pyridine rings is 1. The summed E-state index contributed by atoms with van der Waals surface area (Å²) in [4.78, 5) is 14.2. The van der Waals surface area contributed by atoms with Crippen LogP contribution in [-0.4, -0.2) is 20.7 Å². The fourth-order valence-corrected chi connectivity index (χ4v) is 4.23. The summed E-state index contributed by atoms with van der Waals surface area (Å²) in [6, 6.07) is 12.4. The number of fused-ring (bicyclic) bond motifs is 1. The van der Waals surface area contributed by atoms with Crippen LogP contribution in [0, 0.1) is 0 Å². The minimum Gasteiger partial charge on any atom is -0.364 e. The summed E-state index contributed by atoms with van der Waals surface area (Å²) < 4.78 is 0. The Morgan fingerprint density at radius 2 is 2.03 bits per heavy atom. The zero-order valence-electron chi connectivity index (χ0n) is 19.0. The van der Waals surface area contributed by atoms with Gasteiger partial charge in [-0.3, -0.25) is 4.98 Å². The van der Waals surface area contributed by atoms with E-state index in [-0.39, 0.29) is 0 Å². The molecule has 33 heavy (non-hydrogen) atoms. The van der Waals surface area contributed by atoms with Gasteiger partial charge in [0.15, 0.2) is 5.82 Å². The van der Waals surface area contributed by atoms with E-state index < -0.39 is 0 Å². The van der Waals surface area contributed by atoms with Gasteiger partial charge in [-0.25, -0.2) is 9.97 Å². The molecule has 0 aliphatic carbocycles. The second-order valence-corrected chi connectivity index (χ2v) is 8.62. The fraction of sp³-hybridized carbons (Fsp3) is 0.179. The number of aromatic nitrogens is 3. The van der Waals surface area contributed by atoms with Gasteiger partial charge in [0, 0.05) is 17.3 Å². The highest BCUT2D eigenvalue weighted by Crippen LogP contribution is 2.30. The van der Waals surface area contributed by atoms with E-state index >= 15 is 0 Å². The quantitative estimate of drug-likeness (QED) is 0.401. The van der Waals surface area contributed by atoms with E-state index in [1.54, 1.807) is 0 Å². The molecule has 0 unspecified atom stereocenters. The predicted octanol–water partition coefficient (Wildman–Crippen LogP) is 7.21. The number of anilines is 1. The number of hydrogen-bond donors (Lipinski definition) is 1. The molecule has 0 saturated carbocycles. The van der Waals surface area contributed by atoms with Crippen molar-refractivity contribution in [2.24, 2.45) is 0 Å². The summed E-state index contributed by atoms with van der Waals surface area (Å²) >= 11 is 1.82. The lowest BCUT2D eigenvalue weighted by Crippen LogP contribution is -2.06. The smallest absolute Gasteiger partial charge is 0.157 e. The molecule has 166 valence electrons. The average Bonchev–Trinajstić information content (AvgIpc) is 3.00. The SMILES string of the molecule is C/C=C\C=C(/C)c1nc(NCc2ccccn2)c2cc(/C3=C/SC/C=C\C=C/C3)ccc2n1. The molecule has 4 nitrogen and oxygen atoms in total. The van der Waals surface area contributed by atoms with Crippen LogP contribution in [0.3, 0.4) is 0 Å². The van der Waals surface area contributed by atoms with E-state index in [9.17, 15) is 0 Å². The van der Waals surface area contributed by atoms with E-state index in [0.717, 1.165) is 46.0 Å². The Morgan fingerprint density at radius 3 is 2.88 bits per heavy atom. The van der Waals surface area contributed by atoms with E-state index in [1.807, 2.05) is 68.2 Å². The van der Waals surface area contributed by atoms with Gasteiger partial charge in [-0.1, -0.05) is 54.7 Å². The van der Waals surface area contributed by atoms with Gasteiger partial charge in [-0.05, 0) is 66.7 Å². The standard InChI is InChI=1S/C28H28N4S/c1-3-4-11-21(2)27-31-26-15-14-22(23-12-7-5-6-10-17-33-20-23)18-25(26)28(32-27)30-19-24-13-8-9-16-29-24/h3-11,13-16,18,20H,12,17,19H2,1-2H3,(H,30,31,32)/b4-3-,7-5-,10-6-,21-11+,23-20+. The van der Waals surface area contributed by atoms with E-state index in [2.05, 4.69) is 58.2 Å². The number of hydrogen-bond acceptors (Lipinski definition) is 5. The maximum absolute atomic E-state index is 4.90. The van der Waals surface area contributed by atoms with Gasteiger partial charge in [0.05, 0.1) is 17.8 Å². The third-order valence-corrected chi connectivity index (χ3v) is 6.10. The summed E-state index contributed by atoms with van der Waals surface area (Å²) in [7, 11) is 0. The van der Waals surface area contributed by atoms with Gasteiger partial charge in [0.1, 0.15) is 5.82 Å². The molecule has 0 atom stereocenters. The molecule has 3 aromatic rings. The largest absolute Gasteiger partial charge is 0.364 e. The first kappa shape index (κ1) is 22.7. The molecule has 1 aliphatic heterocycles. The second-order valence-electron chi connectivity index (χ2n) is 7.71. The Bertz CT molecular complexity index is 1250. The summed E-state index contributed by atoms with van der Waals surface area (Å²) in [5, 5.41) is 6.79. The van der Waals surface area contributed by atoms with Crippen molar-refractivity contribution in [2.45, 2.75) is 26.8 Å². The summed E-state index contributed by atoms with van der Waals surface area (Å²) in [6.45, 7) is 4.64. The van der Waals surface area contributed by atoms with Crippen LogP contribution < -0.4 is 5.32 Å². The second kappa shape index (κ2) is 11.4. The van der Waals surface area contributed by atoms with Gasteiger partial charge in [-0.15, -0.1) is 11.8 Å². The monoisotopic (exact) mass is 452 g/mol. The van der Waals surface area contributed by atoms with E-state index in [4.69, 9.17) is 9.97 Å². The molecule has 0 bridgehead atoms. The maximum atomic E-state index is 4.90. The zero-order chi connectivity index (χ0) is 22.9. The Kier molecular flexibility index (Phi) is 7.88. The van der Waals surface area contributed by atoms with Gasteiger partial charge in [-0.2, -0.15) is 0 Å². The van der Waals surface area contributed by atoms with Crippen molar-refractivity contribution in [2.75, 3.05) is 11.1 Å². The number of nitrogens with zero attached hydrogens (tertiary/aromatic N) is 3. The number of benzene rings is 1. The van der Waals surface area contributed by atoms with Crippen LogP contribution in [0.2, 0.25) is 0 Å². The molecule has 0 radical (unpaired) electrons. The maximum Gasteiger partial charge on any atom is 0.157 e. The lowest BCUT2D eigenvalue weighted by atomic mass is 10.0. The molecule has 1 aromatic carbocycles. The zero-order valence-corrected chi connectivity index (χ0v) is 19.8. The lowest BCUT2D eigenvalue weighted by Gasteiger charge is -2.13. The highest BCUT2D eigenvalue weighted by molar-refractivity contribution is 8.02. The number of rotatable bonds is 6. The van der Waals surface area contributed by atoms with Crippen LogP contribution in [0.1, 0.15) is 37.4 Å². The van der Waals surface area contributed by atoms with Crippen LogP contribution in [0.4, 0.5) is 5.82 Å². The highest BCUT2D eigenvalue weighted by atomic mass is 32.2. The number of allylic oxidation sites excluding steroid dienone is 8. The molecular weight excluding hydrogens is 424 g/mol. The van der Waals surface area contributed by atoms with Gasteiger partial charge in [0.2, 0.25) is 0 Å². The van der Waals surface area contributed by atoms with E-state index in [1.165, 1.54) is 11.1 Å². The van der Waals surface area contributed by atoms with Crippen LogP contribution in [-0.2, 0) is 6.54 Å². The molecular formula is C28H28N4S. The third kappa shape index (κ3) is 6.08. The van der Waals surface area contributed by atoms with Gasteiger partial charge >= 0.3 is 0 Å². The first-order valence-corrected chi connectivity index (χ1v) is 12.2. The molecule has 1 aliphatic rings. The predicted molar refractivity (Wildman–Crippen MR) is 143 cm³/mol. The molecule has 1 N–H and O–H groups in total. The summed E-state index contributed by atoms with van der Waals surface area (Å²) in [5.41, 5.74) is 5.41. The number of thioether (sulfide) groups is 1. The van der Waals surface area contributed by atoms with Crippen LogP contribution in [0.15, 0.2) is 90.5 Å².